The zero-order valence-electron chi connectivity index (χ0n) is 29.1. The van der Waals surface area contributed by atoms with Gasteiger partial charge in [-0.3, -0.25) is 9.59 Å². The minimum atomic E-state index is -0.201. The molecule has 0 spiro atoms. The number of hydrogen-bond donors (Lipinski definition) is 2. The van der Waals surface area contributed by atoms with Crippen LogP contribution in [0.2, 0.25) is 0 Å². The van der Waals surface area contributed by atoms with Crippen LogP contribution in [-0.4, -0.2) is 11.6 Å². The van der Waals surface area contributed by atoms with E-state index in [1.165, 1.54) is 0 Å². The quantitative estimate of drug-likeness (QED) is 0.205. The highest BCUT2D eigenvalue weighted by Crippen LogP contribution is 2.32. The third-order valence-electron chi connectivity index (χ3n) is 10.6. The second-order valence-corrected chi connectivity index (χ2v) is 13.7. The maximum absolute atomic E-state index is 15.1. The van der Waals surface area contributed by atoms with Crippen molar-refractivity contribution in [3.63, 3.8) is 0 Å². The van der Waals surface area contributed by atoms with Crippen molar-refractivity contribution in [2.45, 2.75) is 0 Å². The molecule has 4 heteroatoms. The van der Waals surface area contributed by atoms with Crippen LogP contribution in [0, 0.1) is 0 Å². The lowest BCUT2D eigenvalue weighted by Gasteiger charge is -2.24. The highest BCUT2D eigenvalue weighted by atomic mass is 16.1. The second kappa shape index (κ2) is 12.7. The summed E-state index contributed by atoms with van der Waals surface area (Å²) in [6.45, 7) is 0. The molecule has 2 aliphatic heterocycles. The molecule has 0 atom stereocenters. The van der Waals surface area contributed by atoms with Gasteiger partial charge >= 0.3 is 0 Å². The van der Waals surface area contributed by atoms with Gasteiger partial charge in [0.2, 0.25) is 0 Å². The Morgan fingerprint density at radius 2 is 0.815 bits per heavy atom. The van der Waals surface area contributed by atoms with Gasteiger partial charge in [0.1, 0.15) is 0 Å². The fourth-order valence-electron chi connectivity index (χ4n) is 8.04. The van der Waals surface area contributed by atoms with Gasteiger partial charge < -0.3 is 10.6 Å². The molecule has 54 heavy (non-hydrogen) atoms. The van der Waals surface area contributed by atoms with Gasteiger partial charge in [-0.2, -0.15) is 0 Å². The molecule has 0 saturated heterocycles. The summed E-state index contributed by atoms with van der Waals surface area (Å²) in [5.74, 6) is -0.402. The highest BCUT2D eigenvalue weighted by Gasteiger charge is 2.32. The van der Waals surface area contributed by atoms with Crippen molar-refractivity contribution < 1.29 is 9.59 Å². The maximum atomic E-state index is 15.1. The summed E-state index contributed by atoms with van der Waals surface area (Å²) in [4.78, 5) is 30.2. The van der Waals surface area contributed by atoms with Crippen molar-refractivity contribution >= 4 is 67.8 Å². The first-order chi connectivity index (χ1) is 26.6. The molecular weight excluding hydrogens is 661 g/mol. The molecule has 0 amide bonds. The van der Waals surface area contributed by atoms with Crippen LogP contribution in [0.4, 0.5) is 0 Å². The molecule has 0 fully saturated rings. The lowest BCUT2D eigenvalue weighted by atomic mass is 9.81. The molecule has 2 heterocycles. The number of rotatable bonds is 3. The number of carbonyl (C=O) groups is 2. The van der Waals surface area contributed by atoms with Crippen molar-refractivity contribution in [1.29, 1.82) is 0 Å². The van der Waals surface area contributed by atoms with E-state index in [4.69, 9.17) is 0 Å². The van der Waals surface area contributed by atoms with Crippen LogP contribution in [0.15, 0.2) is 192 Å². The summed E-state index contributed by atoms with van der Waals surface area (Å²) in [5.41, 5.74) is 7.07. The lowest BCUT2D eigenvalue weighted by Crippen LogP contribution is -2.42. The fraction of sp³-hybridized carbons (Fsp3) is 0. The van der Waals surface area contributed by atoms with Crippen LogP contribution in [0.25, 0.3) is 56.2 Å². The van der Waals surface area contributed by atoms with Gasteiger partial charge in [-0.15, -0.1) is 0 Å². The SMILES string of the molecule is O=C1C(C2=c3ccccc3=C/C(=C3\C=CC=C(c4cccc5ccccc45)N3)C2=O)=c2ccccc2=C/C1=C1\C=CC=C(c2cccc3ccccc23)N1. The molecule has 254 valence electrons. The first kappa shape index (κ1) is 31.4. The monoisotopic (exact) mass is 692 g/mol. The van der Waals surface area contributed by atoms with Crippen LogP contribution < -0.4 is 31.5 Å². The van der Waals surface area contributed by atoms with Crippen molar-refractivity contribution in [3.05, 3.63) is 224 Å². The van der Waals surface area contributed by atoms with Crippen LogP contribution in [0.5, 0.6) is 0 Å². The largest absolute Gasteiger partial charge is 0.354 e. The number of ketones is 2. The van der Waals surface area contributed by atoms with Gasteiger partial charge in [-0.1, -0.05) is 146 Å². The molecule has 0 bridgehead atoms. The number of nitrogens with one attached hydrogen (secondary N) is 2. The average molecular weight is 693 g/mol. The smallest absolute Gasteiger partial charge is 0.196 e. The summed E-state index contributed by atoms with van der Waals surface area (Å²) in [6, 6.07) is 44.8. The van der Waals surface area contributed by atoms with Crippen LogP contribution in [0.3, 0.4) is 0 Å². The minimum absolute atomic E-state index is 0.201. The van der Waals surface area contributed by atoms with Gasteiger partial charge in [-0.25, -0.2) is 0 Å². The number of benzene rings is 6. The third-order valence-corrected chi connectivity index (χ3v) is 10.6. The van der Waals surface area contributed by atoms with Crippen molar-refractivity contribution in [3.8, 4) is 0 Å². The summed E-state index contributed by atoms with van der Waals surface area (Å²) >= 11 is 0. The Bertz CT molecular complexity index is 2910. The van der Waals surface area contributed by atoms with Gasteiger partial charge in [0, 0.05) is 56.2 Å². The number of Topliss-reactive ketones (excluding diaryl/α,β-unsaturated/α-hetero) is 2. The van der Waals surface area contributed by atoms with E-state index < -0.39 is 0 Å². The Kier molecular flexibility index (Phi) is 7.41. The lowest BCUT2D eigenvalue weighted by molar-refractivity contribution is -0.112. The summed E-state index contributed by atoms with van der Waals surface area (Å²) < 4.78 is 0. The first-order valence-corrected chi connectivity index (χ1v) is 18.1. The molecule has 2 N–H and O–H groups in total. The van der Waals surface area contributed by atoms with E-state index in [9.17, 15) is 0 Å². The van der Waals surface area contributed by atoms with Gasteiger partial charge in [-0.05, 0) is 78.9 Å². The van der Waals surface area contributed by atoms with E-state index >= 15 is 9.59 Å². The summed E-state index contributed by atoms with van der Waals surface area (Å²) in [6.07, 6.45) is 15.8. The Labute approximate surface area is 311 Å². The number of hydrogen-bond acceptors (Lipinski definition) is 4. The standard InChI is InChI=1S/C50H32N2O2/c53-49-41(45-27-11-25-43(51-45)39-23-9-17-31-13-1-5-19-35(31)39)29-33-15-3-7-21-37(33)47(49)48-38-22-8-4-16-34(38)30-42(50(48)54)46-28-12-26-44(52-46)40-24-10-18-32-14-2-6-20-36(32)40/h1-30,51-52H/b45-41-,46-42-. The number of allylic oxidation sites excluding steroid dienone is 8. The molecule has 6 aromatic carbocycles. The number of dihydropyridines is 2. The van der Waals surface area contributed by atoms with Crippen LogP contribution in [0.1, 0.15) is 11.1 Å². The molecule has 4 aliphatic rings. The zero-order valence-corrected chi connectivity index (χ0v) is 29.1. The zero-order chi connectivity index (χ0) is 36.2. The van der Waals surface area contributed by atoms with E-state index in [2.05, 4.69) is 59.2 Å². The Morgan fingerprint density at radius 3 is 1.30 bits per heavy atom. The molecular formula is C50H32N2O2. The fourth-order valence-corrected chi connectivity index (χ4v) is 8.04. The van der Waals surface area contributed by atoms with E-state index in [1.54, 1.807) is 0 Å². The maximum Gasteiger partial charge on any atom is 0.196 e. The second-order valence-electron chi connectivity index (χ2n) is 13.7. The van der Waals surface area contributed by atoms with E-state index in [0.29, 0.717) is 33.7 Å². The van der Waals surface area contributed by atoms with Gasteiger partial charge in [0.25, 0.3) is 0 Å². The molecule has 0 aromatic heterocycles. The molecule has 4 nitrogen and oxygen atoms in total. The van der Waals surface area contributed by atoms with Gasteiger partial charge in [0.15, 0.2) is 11.6 Å². The van der Waals surface area contributed by atoms with E-state index in [-0.39, 0.29) is 11.6 Å². The Hall–Kier alpha value is -7.30. The summed E-state index contributed by atoms with van der Waals surface area (Å²) in [7, 11) is 0. The number of carbonyl (C=O) groups excluding carboxylic acids is 2. The predicted octanol–water partition coefficient (Wildman–Crippen LogP) is 6.63. The number of fused-ring (bicyclic) bond motifs is 4. The highest BCUT2D eigenvalue weighted by molar-refractivity contribution is 6.52. The van der Waals surface area contributed by atoms with Crippen molar-refractivity contribution in [2.24, 2.45) is 0 Å². The predicted molar refractivity (Wildman–Crippen MR) is 220 cm³/mol. The summed E-state index contributed by atoms with van der Waals surface area (Å²) in [5, 5.41) is 14.9. The molecule has 2 aliphatic carbocycles. The first-order valence-electron chi connectivity index (χ1n) is 18.1. The normalized spacial score (nSPS) is 19.0. The van der Waals surface area contributed by atoms with Crippen molar-refractivity contribution in [1.82, 2.24) is 10.6 Å². The molecule has 0 saturated carbocycles. The average Bonchev–Trinajstić information content (AvgIpc) is 3.23. The third kappa shape index (κ3) is 5.15. The van der Waals surface area contributed by atoms with Crippen LogP contribution in [-0.2, 0) is 9.59 Å². The van der Waals surface area contributed by atoms with Crippen molar-refractivity contribution in [2.75, 3.05) is 0 Å². The van der Waals surface area contributed by atoms with Gasteiger partial charge in [0.05, 0.1) is 0 Å². The Balaban J connectivity index is 1.11. The molecule has 0 unspecified atom stereocenters. The van der Waals surface area contributed by atoms with Crippen LogP contribution >= 0.6 is 0 Å². The molecule has 0 radical (unpaired) electrons. The molecule has 6 aromatic rings. The molecule has 10 rings (SSSR count). The van der Waals surface area contributed by atoms with E-state index in [0.717, 1.165) is 64.9 Å². The van der Waals surface area contributed by atoms with E-state index in [1.807, 2.05) is 134 Å². The minimum Gasteiger partial charge on any atom is -0.354 e. The topological polar surface area (TPSA) is 58.2 Å². The Morgan fingerprint density at radius 1 is 0.407 bits per heavy atom.